The Labute approximate surface area is 187 Å². The maximum Gasteiger partial charge on any atom is 0.269 e. The Hall–Kier alpha value is -4.16. The number of amides is 1. The molecule has 0 saturated carbocycles. The molecule has 0 fully saturated rings. The second kappa shape index (κ2) is 8.91. The van der Waals surface area contributed by atoms with Crippen molar-refractivity contribution in [3.63, 3.8) is 0 Å². The van der Waals surface area contributed by atoms with Gasteiger partial charge < -0.3 is 14.8 Å². The van der Waals surface area contributed by atoms with E-state index in [4.69, 9.17) is 9.47 Å². The van der Waals surface area contributed by atoms with Gasteiger partial charge in [0.15, 0.2) is 11.5 Å². The molecule has 9 heteroatoms. The number of non-ortho nitro benzene ring substituents is 1. The third-order valence-electron chi connectivity index (χ3n) is 4.93. The van der Waals surface area contributed by atoms with Crippen LogP contribution in [-0.2, 0) is 11.2 Å². The minimum absolute atomic E-state index is 0.0192. The standard InChI is InChI=1S/C23H17N3O5S/c1-14-18(12-24)23(25-22(27)9-5-15-2-6-17(7-3-15)26(28)29)32-21(14)11-16-4-8-19-20(10-16)31-13-30-19/h2-10H,11,13H2,1H3,(H,25,27)/b9-5-. The second-order valence-electron chi connectivity index (χ2n) is 7.00. The predicted molar refractivity (Wildman–Crippen MR) is 120 cm³/mol. The number of rotatable bonds is 6. The third-order valence-corrected chi connectivity index (χ3v) is 6.13. The topological polar surface area (TPSA) is 114 Å². The van der Waals surface area contributed by atoms with Crippen LogP contribution in [0.3, 0.4) is 0 Å². The summed E-state index contributed by atoms with van der Waals surface area (Å²) < 4.78 is 10.8. The number of thiophene rings is 1. The van der Waals surface area contributed by atoms with Crippen molar-refractivity contribution in [1.82, 2.24) is 0 Å². The van der Waals surface area contributed by atoms with E-state index < -0.39 is 10.8 Å². The van der Waals surface area contributed by atoms with Crippen LogP contribution in [0, 0.1) is 28.4 Å². The van der Waals surface area contributed by atoms with Gasteiger partial charge in [-0.2, -0.15) is 5.26 Å². The van der Waals surface area contributed by atoms with Crippen molar-refractivity contribution in [3.05, 3.63) is 85.8 Å². The minimum Gasteiger partial charge on any atom is -0.454 e. The van der Waals surface area contributed by atoms with E-state index in [1.54, 1.807) is 18.2 Å². The molecule has 1 N–H and O–H groups in total. The van der Waals surface area contributed by atoms with E-state index in [0.29, 0.717) is 34.0 Å². The van der Waals surface area contributed by atoms with Crippen LogP contribution in [0.2, 0.25) is 0 Å². The van der Waals surface area contributed by atoms with Crippen LogP contribution in [0.5, 0.6) is 11.5 Å². The molecular weight excluding hydrogens is 430 g/mol. The molecule has 0 atom stereocenters. The number of nitrogens with zero attached hydrogens (tertiary/aromatic N) is 2. The Kier molecular flexibility index (Phi) is 5.87. The summed E-state index contributed by atoms with van der Waals surface area (Å²) in [7, 11) is 0. The zero-order valence-electron chi connectivity index (χ0n) is 17.0. The highest BCUT2D eigenvalue weighted by Gasteiger charge is 2.18. The number of carbonyl (C=O) groups is 1. The van der Waals surface area contributed by atoms with Crippen LogP contribution in [-0.4, -0.2) is 17.6 Å². The third kappa shape index (κ3) is 4.45. The quantitative estimate of drug-likeness (QED) is 0.330. The van der Waals surface area contributed by atoms with Gasteiger partial charge in [0.2, 0.25) is 12.7 Å². The SMILES string of the molecule is Cc1c(Cc2ccc3c(c2)OCO3)sc(NC(=O)/C=C\c2ccc([N+](=O)[O-])cc2)c1C#N. The number of hydrogen-bond donors (Lipinski definition) is 1. The van der Waals surface area contributed by atoms with E-state index in [-0.39, 0.29) is 12.5 Å². The zero-order valence-corrected chi connectivity index (χ0v) is 17.8. The van der Waals surface area contributed by atoms with Crippen molar-refractivity contribution in [2.24, 2.45) is 0 Å². The van der Waals surface area contributed by atoms with Gasteiger partial charge in [-0.25, -0.2) is 0 Å². The maximum absolute atomic E-state index is 12.4. The number of nitro groups is 1. The van der Waals surface area contributed by atoms with Gasteiger partial charge in [-0.1, -0.05) is 6.07 Å². The lowest BCUT2D eigenvalue weighted by molar-refractivity contribution is -0.384. The molecule has 8 nitrogen and oxygen atoms in total. The molecule has 1 aromatic heterocycles. The molecule has 0 bridgehead atoms. The van der Waals surface area contributed by atoms with Gasteiger partial charge in [0, 0.05) is 29.5 Å². The number of carbonyl (C=O) groups excluding carboxylic acids is 1. The van der Waals surface area contributed by atoms with Crippen molar-refractivity contribution in [1.29, 1.82) is 5.26 Å². The van der Waals surface area contributed by atoms with Crippen LogP contribution < -0.4 is 14.8 Å². The van der Waals surface area contributed by atoms with Gasteiger partial charge in [0.05, 0.1) is 10.5 Å². The highest BCUT2D eigenvalue weighted by Crippen LogP contribution is 2.37. The van der Waals surface area contributed by atoms with E-state index in [9.17, 15) is 20.2 Å². The van der Waals surface area contributed by atoms with Crippen LogP contribution >= 0.6 is 11.3 Å². The van der Waals surface area contributed by atoms with Crippen LogP contribution in [0.25, 0.3) is 6.08 Å². The number of nitrogens with one attached hydrogen (secondary N) is 1. The molecule has 1 amide bonds. The van der Waals surface area contributed by atoms with Crippen molar-refractivity contribution < 1.29 is 19.2 Å². The number of nitro benzene ring substituents is 1. The first-order valence-corrected chi connectivity index (χ1v) is 10.4. The first kappa shape index (κ1) is 21.1. The first-order valence-electron chi connectivity index (χ1n) is 9.59. The fourth-order valence-electron chi connectivity index (χ4n) is 3.22. The van der Waals surface area contributed by atoms with Gasteiger partial charge in [-0.05, 0) is 54.0 Å². The molecule has 0 aliphatic carbocycles. The molecule has 0 saturated heterocycles. The highest BCUT2D eigenvalue weighted by atomic mass is 32.1. The average Bonchev–Trinajstić information content (AvgIpc) is 3.36. The van der Waals surface area contributed by atoms with E-state index in [2.05, 4.69) is 11.4 Å². The van der Waals surface area contributed by atoms with Crippen molar-refractivity contribution in [3.8, 4) is 17.6 Å². The van der Waals surface area contributed by atoms with Crippen molar-refractivity contribution in [2.75, 3.05) is 12.1 Å². The largest absolute Gasteiger partial charge is 0.454 e. The van der Waals surface area contributed by atoms with Gasteiger partial charge in [-0.3, -0.25) is 14.9 Å². The minimum atomic E-state index is -0.482. The Balaban J connectivity index is 1.48. The molecule has 160 valence electrons. The highest BCUT2D eigenvalue weighted by molar-refractivity contribution is 7.16. The zero-order chi connectivity index (χ0) is 22.7. The van der Waals surface area contributed by atoms with Crippen molar-refractivity contribution >= 4 is 34.0 Å². The Morgan fingerprint density at radius 2 is 2.00 bits per heavy atom. The number of hydrogen-bond acceptors (Lipinski definition) is 7. The Morgan fingerprint density at radius 3 is 2.72 bits per heavy atom. The summed E-state index contributed by atoms with van der Waals surface area (Å²) in [5.74, 6) is 1.01. The van der Waals surface area contributed by atoms with Gasteiger partial charge in [-0.15, -0.1) is 11.3 Å². The molecule has 32 heavy (non-hydrogen) atoms. The molecule has 0 radical (unpaired) electrons. The van der Waals surface area contributed by atoms with E-state index in [1.165, 1.54) is 29.5 Å². The predicted octanol–water partition coefficient (Wildman–Crippen LogP) is 4.81. The van der Waals surface area contributed by atoms with E-state index in [0.717, 1.165) is 16.0 Å². The Morgan fingerprint density at radius 1 is 1.25 bits per heavy atom. The summed E-state index contributed by atoms with van der Waals surface area (Å²) in [6.45, 7) is 2.07. The summed E-state index contributed by atoms with van der Waals surface area (Å²) in [6.07, 6.45) is 3.48. The lowest BCUT2D eigenvalue weighted by atomic mass is 10.1. The van der Waals surface area contributed by atoms with Crippen molar-refractivity contribution in [2.45, 2.75) is 13.3 Å². The summed E-state index contributed by atoms with van der Waals surface area (Å²) >= 11 is 1.36. The normalized spacial score (nSPS) is 12.0. The van der Waals surface area contributed by atoms with E-state index in [1.807, 2.05) is 25.1 Å². The number of benzene rings is 2. The molecule has 3 aromatic rings. The smallest absolute Gasteiger partial charge is 0.269 e. The lowest BCUT2D eigenvalue weighted by Crippen LogP contribution is -2.07. The fourth-order valence-corrected chi connectivity index (χ4v) is 4.41. The molecule has 4 rings (SSSR count). The van der Waals surface area contributed by atoms with Gasteiger partial charge in [0.25, 0.3) is 5.69 Å². The molecular formula is C23H17N3O5S. The van der Waals surface area contributed by atoms with Crippen LogP contribution in [0.15, 0.2) is 48.5 Å². The summed E-state index contributed by atoms with van der Waals surface area (Å²) in [6, 6.07) is 13.7. The number of anilines is 1. The van der Waals surface area contributed by atoms with Crippen LogP contribution in [0.4, 0.5) is 10.7 Å². The Bertz CT molecular complexity index is 1270. The maximum atomic E-state index is 12.4. The first-order chi connectivity index (χ1) is 15.4. The second-order valence-corrected chi connectivity index (χ2v) is 8.11. The summed E-state index contributed by atoms with van der Waals surface area (Å²) in [5.41, 5.74) is 2.90. The number of nitriles is 1. The summed E-state index contributed by atoms with van der Waals surface area (Å²) in [5, 5.41) is 23.6. The van der Waals surface area contributed by atoms with Gasteiger partial charge >= 0.3 is 0 Å². The number of ether oxygens (including phenoxy) is 2. The van der Waals surface area contributed by atoms with E-state index >= 15 is 0 Å². The average molecular weight is 447 g/mol. The van der Waals surface area contributed by atoms with Crippen LogP contribution in [0.1, 0.15) is 27.1 Å². The molecule has 1 aliphatic rings. The lowest BCUT2D eigenvalue weighted by Gasteiger charge is -2.02. The summed E-state index contributed by atoms with van der Waals surface area (Å²) in [4.78, 5) is 23.6. The number of fused-ring (bicyclic) bond motifs is 1. The molecule has 0 unspecified atom stereocenters. The monoisotopic (exact) mass is 447 g/mol. The molecule has 2 heterocycles. The molecule has 0 spiro atoms. The fraction of sp³-hybridized carbons (Fsp3) is 0.130. The molecule has 2 aromatic carbocycles. The van der Waals surface area contributed by atoms with Gasteiger partial charge in [0.1, 0.15) is 11.1 Å². The molecule has 1 aliphatic heterocycles.